The Labute approximate surface area is 108 Å². The van der Waals surface area contributed by atoms with Crippen molar-refractivity contribution in [2.75, 3.05) is 0 Å². The van der Waals surface area contributed by atoms with Gasteiger partial charge >= 0.3 is 0 Å². The van der Waals surface area contributed by atoms with Crippen molar-refractivity contribution in [1.29, 1.82) is 0 Å². The van der Waals surface area contributed by atoms with Gasteiger partial charge in [0.05, 0.1) is 16.8 Å². The molecule has 1 heterocycles. The highest BCUT2D eigenvalue weighted by Crippen LogP contribution is 2.30. The maximum atomic E-state index is 9.49. The average molecular weight is 253 g/mol. The summed E-state index contributed by atoms with van der Waals surface area (Å²) in [6.07, 6.45) is 5.32. The molecular weight excluding hydrogens is 230 g/mol. The lowest BCUT2D eigenvalue weighted by Gasteiger charge is -2.24. The summed E-state index contributed by atoms with van der Waals surface area (Å²) in [7, 11) is 0. The second kappa shape index (κ2) is 5.07. The summed E-state index contributed by atoms with van der Waals surface area (Å²) in [5, 5.41) is 13.0. The Morgan fingerprint density at radius 1 is 1.29 bits per heavy atom. The van der Waals surface area contributed by atoms with Crippen molar-refractivity contribution in [3.63, 3.8) is 0 Å². The Hall–Kier alpha value is -0.410. The van der Waals surface area contributed by atoms with E-state index in [0.717, 1.165) is 38.0 Å². The smallest absolute Gasteiger partial charge is 0.0931 e. The Kier molecular flexibility index (Phi) is 3.88. The third-order valence-corrected chi connectivity index (χ3v) is 4.47. The van der Waals surface area contributed by atoms with Crippen LogP contribution in [0.1, 0.15) is 57.2 Å². The van der Waals surface area contributed by atoms with E-state index in [-0.39, 0.29) is 11.5 Å². The summed E-state index contributed by atoms with van der Waals surface area (Å²) in [5.74, 6) is 0.734. The van der Waals surface area contributed by atoms with Crippen LogP contribution in [0.4, 0.5) is 0 Å². The largest absolute Gasteiger partial charge is 0.393 e. The van der Waals surface area contributed by atoms with E-state index in [1.54, 1.807) is 11.3 Å². The van der Waals surface area contributed by atoms with E-state index in [1.807, 2.05) is 0 Å². The van der Waals surface area contributed by atoms with Gasteiger partial charge in [0.15, 0.2) is 0 Å². The van der Waals surface area contributed by atoms with Crippen LogP contribution < -0.4 is 0 Å². The molecule has 1 aromatic heterocycles. The van der Waals surface area contributed by atoms with Crippen LogP contribution in [0.2, 0.25) is 0 Å². The second-order valence-electron chi connectivity index (χ2n) is 6.26. The molecule has 0 atom stereocenters. The van der Waals surface area contributed by atoms with Gasteiger partial charge < -0.3 is 5.11 Å². The monoisotopic (exact) mass is 253 g/mol. The van der Waals surface area contributed by atoms with Crippen molar-refractivity contribution in [3.8, 4) is 0 Å². The van der Waals surface area contributed by atoms with Crippen molar-refractivity contribution in [1.82, 2.24) is 4.98 Å². The van der Waals surface area contributed by atoms with Gasteiger partial charge in [0.1, 0.15) is 0 Å². The summed E-state index contributed by atoms with van der Waals surface area (Å²) < 4.78 is 0. The van der Waals surface area contributed by atoms with Crippen LogP contribution in [0.25, 0.3) is 0 Å². The normalized spacial score (nSPS) is 26.1. The molecule has 1 saturated carbocycles. The first-order valence-electron chi connectivity index (χ1n) is 6.58. The molecule has 1 aliphatic carbocycles. The SMILES string of the molecule is CC(C)(C)c1csc(CC2CCC(O)CC2)n1. The van der Waals surface area contributed by atoms with E-state index in [1.165, 1.54) is 10.7 Å². The van der Waals surface area contributed by atoms with Crippen LogP contribution in [0, 0.1) is 5.92 Å². The fourth-order valence-corrected chi connectivity index (χ4v) is 3.48. The molecule has 0 spiro atoms. The molecule has 1 aromatic rings. The average Bonchev–Trinajstić information content (AvgIpc) is 2.69. The molecule has 1 fully saturated rings. The molecule has 2 nitrogen and oxygen atoms in total. The zero-order valence-corrected chi connectivity index (χ0v) is 11.9. The van der Waals surface area contributed by atoms with Crippen LogP contribution in [0.15, 0.2) is 5.38 Å². The number of nitrogens with zero attached hydrogens (tertiary/aromatic N) is 1. The molecule has 2 rings (SSSR count). The predicted molar refractivity (Wildman–Crippen MR) is 72.5 cm³/mol. The van der Waals surface area contributed by atoms with Gasteiger partial charge in [-0.05, 0) is 31.6 Å². The molecule has 1 N–H and O–H groups in total. The van der Waals surface area contributed by atoms with Crippen molar-refractivity contribution < 1.29 is 5.11 Å². The number of aliphatic hydroxyl groups is 1. The van der Waals surface area contributed by atoms with Crippen LogP contribution in [0.5, 0.6) is 0 Å². The molecule has 0 aromatic carbocycles. The number of aliphatic hydroxyl groups excluding tert-OH is 1. The van der Waals surface area contributed by atoms with Gasteiger partial charge in [-0.3, -0.25) is 0 Å². The van der Waals surface area contributed by atoms with E-state index in [0.29, 0.717) is 0 Å². The van der Waals surface area contributed by atoms with Gasteiger partial charge in [0.2, 0.25) is 0 Å². The molecule has 0 aliphatic heterocycles. The first-order chi connectivity index (χ1) is 7.95. The first kappa shape index (κ1) is 13.0. The van der Waals surface area contributed by atoms with E-state index in [9.17, 15) is 5.11 Å². The number of hydrogen-bond acceptors (Lipinski definition) is 3. The maximum Gasteiger partial charge on any atom is 0.0931 e. The summed E-state index contributed by atoms with van der Waals surface area (Å²) in [6.45, 7) is 6.63. The van der Waals surface area contributed by atoms with E-state index < -0.39 is 0 Å². The summed E-state index contributed by atoms with van der Waals surface area (Å²) >= 11 is 1.80. The number of thiazole rings is 1. The minimum absolute atomic E-state index is 0.0484. The highest BCUT2D eigenvalue weighted by Gasteiger charge is 2.22. The maximum absolute atomic E-state index is 9.49. The molecular formula is C14H23NOS. The zero-order chi connectivity index (χ0) is 12.5. The predicted octanol–water partition coefficient (Wildman–Crippen LogP) is 3.53. The fraction of sp³-hybridized carbons (Fsp3) is 0.786. The van der Waals surface area contributed by atoms with Gasteiger partial charge in [-0.25, -0.2) is 4.98 Å². The minimum Gasteiger partial charge on any atom is -0.393 e. The molecule has 17 heavy (non-hydrogen) atoms. The molecule has 0 radical (unpaired) electrons. The third kappa shape index (κ3) is 3.52. The number of rotatable bonds is 2. The van der Waals surface area contributed by atoms with Gasteiger partial charge in [0, 0.05) is 17.2 Å². The fourth-order valence-electron chi connectivity index (χ4n) is 2.35. The van der Waals surface area contributed by atoms with Gasteiger partial charge in [-0.2, -0.15) is 0 Å². The van der Waals surface area contributed by atoms with Crippen molar-refractivity contribution in [3.05, 3.63) is 16.1 Å². The van der Waals surface area contributed by atoms with Crippen LogP contribution in [0.3, 0.4) is 0 Å². The van der Waals surface area contributed by atoms with E-state index >= 15 is 0 Å². The van der Waals surface area contributed by atoms with Crippen LogP contribution >= 0.6 is 11.3 Å². The Bertz CT molecular complexity index is 359. The third-order valence-electron chi connectivity index (χ3n) is 3.60. The Balaban J connectivity index is 1.93. The summed E-state index contributed by atoms with van der Waals surface area (Å²) in [6, 6.07) is 0. The van der Waals surface area contributed by atoms with E-state index in [4.69, 9.17) is 4.98 Å². The van der Waals surface area contributed by atoms with E-state index in [2.05, 4.69) is 26.2 Å². The molecule has 0 bridgehead atoms. The minimum atomic E-state index is -0.0484. The molecule has 0 unspecified atom stereocenters. The highest BCUT2D eigenvalue weighted by molar-refractivity contribution is 7.09. The molecule has 1 aliphatic rings. The highest BCUT2D eigenvalue weighted by atomic mass is 32.1. The Morgan fingerprint density at radius 3 is 2.47 bits per heavy atom. The summed E-state index contributed by atoms with van der Waals surface area (Å²) in [4.78, 5) is 4.75. The van der Waals surface area contributed by atoms with Crippen molar-refractivity contribution >= 4 is 11.3 Å². The van der Waals surface area contributed by atoms with Crippen molar-refractivity contribution in [2.45, 2.75) is 64.4 Å². The number of hydrogen-bond donors (Lipinski definition) is 1. The zero-order valence-electron chi connectivity index (χ0n) is 11.1. The van der Waals surface area contributed by atoms with Crippen molar-refractivity contribution in [2.24, 2.45) is 5.92 Å². The quantitative estimate of drug-likeness (QED) is 0.874. The number of aromatic nitrogens is 1. The lowest BCUT2D eigenvalue weighted by atomic mass is 9.85. The first-order valence-corrected chi connectivity index (χ1v) is 7.46. The molecule has 96 valence electrons. The lowest BCUT2D eigenvalue weighted by Crippen LogP contribution is -2.19. The van der Waals surface area contributed by atoms with Gasteiger partial charge in [-0.15, -0.1) is 11.3 Å². The van der Waals surface area contributed by atoms with Crippen LogP contribution in [-0.4, -0.2) is 16.2 Å². The Morgan fingerprint density at radius 2 is 1.94 bits per heavy atom. The molecule has 3 heteroatoms. The lowest BCUT2D eigenvalue weighted by molar-refractivity contribution is 0.108. The molecule has 0 saturated heterocycles. The topological polar surface area (TPSA) is 33.1 Å². The summed E-state index contributed by atoms with van der Waals surface area (Å²) in [5.41, 5.74) is 1.38. The second-order valence-corrected chi connectivity index (χ2v) is 7.20. The van der Waals surface area contributed by atoms with Gasteiger partial charge in [-0.1, -0.05) is 20.8 Å². The molecule has 0 amide bonds. The standard InChI is InChI=1S/C14H23NOS/c1-14(2,3)12-9-17-13(15-12)8-10-4-6-11(16)7-5-10/h9-11,16H,4-8H2,1-3H3. The van der Waals surface area contributed by atoms with Crippen LogP contribution in [-0.2, 0) is 11.8 Å². The van der Waals surface area contributed by atoms with Gasteiger partial charge in [0.25, 0.3) is 0 Å².